The maximum absolute atomic E-state index is 13.0. The highest BCUT2D eigenvalue weighted by Gasteiger charge is 2.26. The van der Waals surface area contributed by atoms with Crippen LogP contribution in [0, 0.1) is 12.7 Å². The SMILES string of the molecule is Cc1ccc(S(=O)(=O)N2CCCCCC2)cc1C(=O)NCCCc1ccc(F)cc1. The number of carbonyl (C=O) groups excluding carboxylic acids is 1. The average Bonchev–Trinajstić information content (AvgIpc) is 3.03. The molecule has 0 saturated carbocycles. The second kappa shape index (κ2) is 10.2. The van der Waals surface area contributed by atoms with Crippen LogP contribution in [0.2, 0.25) is 0 Å². The number of hydrogen-bond acceptors (Lipinski definition) is 3. The summed E-state index contributed by atoms with van der Waals surface area (Å²) in [5, 5.41) is 2.87. The Labute approximate surface area is 178 Å². The lowest BCUT2D eigenvalue weighted by Crippen LogP contribution is -2.32. The molecule has 1 aliphatic heterocycles. The summed E-state index contributed by atoms with van der Waals surface area (Å²) in [6.45, 7) is 3.32. The lowest BCUT2D eigenvalue weighted by Gasteiger charge is -2.20. The van der Waals surface area contributed by atoms with Gasteiger partial charge in [-0.3, -0.25) is 4.79 Å². The number of halogens is 1. The quantitative estimate of drug-likeness (QED) is 0.671. The van der Waals surface area contributed by atoms with Crippen molar-refractivity contribution in [3.8, 4) is 0 Å². The normalized spacial score (nSPS) is 15.5. The molecule has 0 unspecified atom stereocenters. The van der Waals surface area contributed by atoms with Gasteiger partial charge in [0.1, 0.15) is 5.82 Å². The molecule has 0 bridgehead atoms. The highest BCUT2D eigenvalue weighted by atomic mass is 32.2. The summed E-state index contributed by atoms with van der Waals surface area (Å²) in [5.74, 6) is -0.544. The fraction of sp³-hybridized carbons (Fsp3) is 0.435. The lowest BCUT2D eigenvalue weighted by atomic mass is 10.1. The van der Waals surface area contributed by atoms with Crippen molar-refractivity contribution in [1.29, 1.82) is 0 Å². The van der Waals surface area contributed by atoms with Crippen LogP contribution in [0.25, 0.3) is 0 Å². The van der Waals surface area contributed by atoms with Crippen molar-refractivity contribution in [2.45, 2.75) is 50.3 Å². The topological polar surface area (TPSA) is 66.5 Å². The Hall–Kier alpha value is -2.25. The van der Waals surface area contributed by atoms with Gasteiger partial charge in [0.15, 0.2) is 0 Å². The van der Waals surface area contributed by atoms with Crippen LogP contribution >= 0.6 is 0 Å². The van der Waals surface area contributed by atoms with Crippen molar-refractivity contribution in [1.82, 2.24) is 9.62 Å². The van der Waals surface area contributed by atoms with Gasteiger partial charge in [-0.2, -0.15) is 4.31 Å². The zero-order chi connectivity index (χ0) is 21.6. The number of sulfonamides is 1. The molecule has 1 fully saturated rings. The van der Waals surface area contributed by atoms with Crippen LogP contribution in [0.3, 0.4) is 0 Å². The molecule has 30 heavy (non-hydrogen) atoms. The molecule has 1 N–H and O–H groups in total. The molecule has 0 aliphatic carbocycles. The summed E-state index contributed by atoms with van der Waals surface area (Å²) in [5.41, 5.74) is 2.13. The van der Waals surface area contributed by atoms with E-state index in [-0.39, 0.29) is 16.6 Å². The van der Waals surface area contributed by atoms with Crippen molar-refractivity contribution < 1.29 is 17.6 Å². The Kier molecular flexibility index (Phi) is 7.61. The minimum atomic E-state index is -3.60. The number of aryl methyl sites for hydroxylation is 2. The molecule has 1 amide bonds. The minimum Gasteiger partial charge on any atom is -0.352 e. The first-order valence-electron chi connectivity index (χ1n) is 10.5. The first-order chi connectivity index (χ1) is 14.4. The number of amides is 1. The summed E-state index contributed by atoms with van der Waals surface area (Å²) >= 11 is 0. The third kappa shape index (κ3) is 5.67. The Morgan fingerprint density at radius 1 is 1.03 bits per heavy atom. The Bertz CT molecular complexity index is 966. The number of carbonyl (C=O) groups is 1. The number of nitrogens with one attached hydrogen (secondary N) is 1. The van der Waals surface area contributed by atoms with Crippen LogP contribution < -0.4 is 5.32 Å². The van der Waals surface area contributed by atoms with Crippen molar-refractivity contribution in [3.63, 3.8) is 0 Å². The maximum atomic E-state index is 13.0. The van der Waals surface area contributed by atoms with Gasteiger partial charge in [-0.15, -0.1) is 0 Å². The number of benzene rings is 2. The van der Waals surface area contributed by atoms with E-state index in [1.807, 2.05) is 0 Å². The van der Waals surface area contributed by atoms with Crippen LogP contribution in [0.1, 0.15) is 53.6 Å². The molecule has 3 rings (SSSR count). The van der Waals surface area contributed by atoms with Crippen LogP contribution in [-0.4, -0.2) is 38.3 Å². The average molecular weight is 433 g/mol. The van der Waals surface area contributed by atoms with Gasteiger partial charge in [0.25, 0.3) is 5.91 Å². The monoisotopic (exact) mass is 432 g/mol. The summed E-state index contributed by atoms with van der Waals surface area (Å²) in [6.07, 6.45) is 5.26. The van der Waals surface area contributed by atoms with E-state index in [0.717, 1.165) is 43.2 Å². The van der Waals surface area contributed by atoms with Crippen LogP contribution in [0.5, 0.6) is 0 Å². The smallest absolute Gasteiger partial charge is 0.251 e. The molecule has 1 aliphatic rings. The van der Waals surface area contributed by atoms with Gasteiger partial charge in [-0.25, -0.2) is 12.8 Å². The van der Waals surface area contributed by atoms with Gasteiger partial charge in [0.05, 0.1) is 4.90 Å². The van der Waals surface area contributed by atoms with E-state index in [2.05, 4.69) is 5.32 Å². The maximum Gasteiger partial charge on any atom is 0.251 e. The largest absolute Gasteiger partial charge is 0.352 e. The van der Waals surface area contributed by atoms with Gasteiger partial charge < -0.3 is 5.32 Å². The van der Waals surface area contributed by atoms with Gasteiger partial charge >= 0.3 is 0 Å². The van der Waals surface area contributed by atoms with E-state index in [9.17, 15) is 17.6 Å². The summed E-state index contributed by atoms with van der Waals surface area (Å²) in [7, 11) is -3.60. The van der Waals surface area contributed by atoms with Gasteiger partial charge in [0, 0.05) is 25.2 Å². The molecule has 0 atom stereocenters. The van der Waals surface area contributed by atoms with E-state index in [0.29, 0.717) is 31.6 Å². The van der Waals surface area contributed by atoms with E-state index >= 15 is 0 Å². The lowest BCUT2D eigenvalue weighted by molar-refractivity contribution is 0.0952. The van der Waals surface area contributed by atoms with Crippen molar-refractivity contribution in [2.75, 3.05) is 19.6 Å². The standard InChI is InChI=1S/C23H29FN2O3S/c1-18-8-13-21(30(28,29)26-15-4-2-3-5-16-26)17-22(18)23(27)25-14-6-7-19-9-11-20(24)12-10-19/h8-13,17H,2-7,14-16H2,1H3,(H,25,27). The summed E-state index contributed by atoms with van der Waals surface area (Å²) in [6, 6.07) is 11.1. The van der Waals surface area contributed by atoms with Crippen LogP contribution in [-0.2, 0) is 16.4 Å². The third-order valence-electron chi connectivity index (χ3n) is 5.50. The van der Waals surface area contributed by atoms with Crippen molar-refractivity contribution >= 4 is 15.9 Å². The van der Waals surface area contributed by atoms with E-state index in [1.54, 1.807) is 31.2 Å². The first kappa shape index (κ1) is 22.4. The zero-order valence-electron chi connectivity index (χ0n) is 17.4. The van der Waals surface area contributed by atoms with E-state index in [1.165, 1.54) is 22.5 Å². The molecule has 2 aromatic carbocycles. The first-order valence-corrected chi connectivity index (χ1v) is 12.0. The molecule has 162 valence electrons. The highest BCUT2D eigenvalue weighted by molar-refractivity contribution is 7.89. The van der Waals surface area contributed by atoms with Gasteiger partial charge in [-0.1, -0.05) is 31.0 Å². The molecule has 5 nitrogen and oxygen atoms in total. The molecule has 0 spiro atoms. The molecular weight excluding hydrogens is 403 g/mol. The molecule has 7 heteroatoms. The van der Waals surface area contributed by atoms with Crippen molar-refractivity contribution in [2.24, 2.45) is 0 Å². The summed E-state index contributed by atoms with van der Waals surface area (Å²) < 4.78 is 40.6. The molecule has 1 heterocycles. The predicted molar refractivity (Wildman–Crippen MR) is 115 cm³/mol. The fourth-order valence-corrected chi connectivity index (χ4v) is 5.22. The second-order valence-electron chi connectivity index (χ2n) is 7.78. The van der Waals surface area contributed by atoms with Crippen molar-refractivity contribution in [3.05, 3.63) is 65.0 Å². The van der Waals surface area contributed by atoms with E-state index in [4.69, 9.17) is 0 Å². The molecular formula is C23H29FN2O3S. The Morgan fingerprint density at radius 3 is 2.37 bits per heavy atom. The van der Waals surface area contributed by atoms with Crippen LogP contribution in [0.15, 0.2) is 47.4 Å². The number of rotatable bonds is 7. The number of nitrogens with zero attached hydrogens (tertiary/aromatic N) is 1. The number of hydrogen-bond donors (Lipinski definition) is 1. The molecule has 1 saturated heterocycles. The summed E-state index contributed by atoms with van der Waals surface area (Å²) in [4.78, 5) is 12.8. The highest BCUT2D eigenvalue weighted by Crippen LogP contribution is 2.22. The Balaban J connectivity index is 1.63. The second-order valence-corrected chi connectivity index (χ2v) is 9.72. The Morgan fingerprint density at radius 2 is 1.70 bits per heavy atom. The fourth-order valence-electron chi connectivity index (χ4n) is 3.68. The molecule has 2 aromatic rings. The zero-order valence-corrected chi connectivity index (χ0v) is 18.2. The minimum absolute atomic E-state index is 0.173. The predicted octanol–water partition coefficient (Wildman–Crippen LogP) is 4.06. The van der Waals surface area contributed by atoms with Crippen LogP contribution in [0.4, 0.5) is 4.39 Å². The molecule has 0 aromatic heterocycles. The third-order valence-corrected chi connectivity index (χ3v) is 7.39. The van der Waals surface area contributed by atoms with Gasteiger partial charge in [-0.05, 0) is 68.0 Å². The molecule has 0 radical (unpaired) electrons. The van der Waals surface area contributed by atoms with Gasteiger partial charge in [0.2, 0.25) is 10.0 Å². The van der Waals surface area contributed by atoms with E-state index < -0.39 is 10.0 Å².